The zero-order valence-electron chi connectivity index (χ0n) is 13.0. The molecule has 1 atom stereocenters. The molecule has 2 aromatic heterocycles. The molecule has 3 rings (SSSR count). The van der Waals surface area contributed by atoms with Crippen molar-refractivity contribution in [2.45, 2.75) is 6.10 Å². The smallest absolute Gasteiger partial charge is 0.255 e. The van der Waals surface area contributed by atoms with Crippen LogP contribution in [-0.4, -0.2) is 34.9 Å². The van der Waals surface area contributed by atoms with Crippen LogP contribution in [0, 0.1) is 0 Å². The van der Waals surface area contributed by atoms with E-state index < -0.39 is 6.10 Å². The van der Waals surface area contributed by atoms with Crippen molar-refractivity contribution in [3.63, 3.8) is 0 Å². The highest BCUT2D eigenvalue weighted by molar-refractivity contribution is 5.99. The molecule has 24 heavy (non-hydrogen) atoms. The first-order valence-electron chi connectivity index (χ1n) is 7.36. The molecule has 0 aliphatic heterocycles. The molecule has 0 spiro atoms. The summed E-state index contributed by atoms with van der Waals surface area (Å²) in [4.78, 5) is 12.4. The molecular formula is C17H17N3O4. The Kier molecular flexibility index (Phi) is 4.62. The van der Waals surface area contributed by atoms with Crippen molar-refractivity contribution >= 4 is 5.91 Å². The largest absolute Gasteiger partial charge is 0.497 e. The molecule has 0 saturated heterocycles. The molecule has 7 heteroatoms. The number of nitrogens with zero attached hydrogens (tertiary/aromatic N) is 1. The van der Waals surface area contributed by atoms with Crippen LogP contribution in [0.25, 0.3) is 11.3 Å². The number of aliphatic hydroxyl groups excluding tert-OH is 1. The van der Waals surface area contributed by atoms with Crippen molar-refractivity contribution in [2.24, 2.45) is 0 Å². The van der Waals surface area contributed by atoms with Crippen molar-refractivity contribution in [1.29, 1.82) is 0 Å². The standard InChI is InChI=1S/C17H17N3O4/c1-23-12-6-4-11(5-7-12)16-13(9-19-20-16)17(22)18-10-14(21)15-3-2-8-24-15/h2-9,14,21H,10H2,1H3,(H,18,22)(H,19,20). The van der Waals surface area contributed by atoms with Crippen LogP contribution in [0.3, 0.4) is 0 Å². The van der Waals surface area contributed by atoms with Gasteiger partial charge in [-0.3, -0.25) is 9.89 Å². The van der Waals surface area contributed by atoms with Crippen molar-refractivity contribution < 1.29 is 19.1 Å². The Hall–Kier alpha value is -3.06. The number of hydrogen-bond donors (Lipinski definition) is 3. The van der Waals surface area contributed by atoms with Gasteiger partial charge in [0.25, 0.3) is 5.91 Å². The Morgan fingerprint density at radius 1 is 1.38 bits per heavy atom. The third-order valence-corrected chi connectivity index (χ3v) is 3.59. The van der Waals surface area contributed by atoms with E-state index in [9.17, 15) is 9.90 Å². The van der Waals surface area contributed by atoms with Gasteiger partial charge < -0.3 is 19.6 Å². The lowest BCUT2D eigenvalue weighted by Crippen LogP contribution is -2.28. The molecule has 3 aromatic rings. The summed E-state index contributed by atoms with van der Waals surface area (Å²) in [5.74, 6) is 0.795. The molecule has 0 radical (unpaired) electrons. The maximum absolute atomic E-state index is 12.4. The molecule has 1 aromatic carbocycles. The maximum Gasteiger partial charge on any atom is 0.255 e. The molecule has 124 valence electrons. The molecule has 0 fully saturated rings. The number of methoxy groups -OCH3 is 1. The number of aliphatic hydroxyl groups is 1. The van der Waals surface area contributed by atoms with Crippen LogP contribution < -0.4 is 10.1 Å². The van der Waals surface area contributed by atoms with E-state index >= 15 is 0 Å². The summed E-state index contributed by atoms with van der Waals surface area (Å²) < 4.78 is 10.2. The van der Waals surface area contributed by atoms with Gasteiger partial charge in [-0.05, 0) is 36.4 Å². The van der Waals surface area contributed by atoms with Gasteiger partial charge >= 0.3 is 0 Å². The number of aromatic amines is 1. The van der Waals surface area contributed by atoms with Crippen LogP contribution in [0.15, 0.2) is 53.3 Å². The van der Waals surface area contributed by atoms with Crippen LogP contribution in [-0.2, 0) is 0 Å². The average molecular weight is 327 g/mol. The summed E-state index contributed by atoms with van der Waals surface area (Å²) in [5.41, 5.74) is 1.81. The topological polar surface area (TPSA) is 100 Å². The minimum absolute atomic E-state index is 0.0412. The lowest BCUT2D eigenvalue weighted by molar-refractivity contribution is 0.0902. The molecule has 0 aliphatic rings. The van der Waals surface area contributed by atoms with Crippen LogP contribution in [0.2, 0.25) is 0 Å². The van der Waals surface area contributed by atoms with Gasteiger partial charge in [-0.25, -0.2) is 0 Å². The predicted molar refractivity (Wildman–Crippen MR) is 86.6 cm³/mol. The molecule has 0 saturated carbocycles. The normalized spacial score (nSPS) is 11.9. The first-order chi connectivity index (χ1) is 11.7. The fourth-order valence-corrected chi connectivity index (χ4v) is 2.30. The average Bonchev–Trinajstić information content (AvgIpc) is 3.30. The number of carbonyl (C=O) groups is 1. The highest BCUT2D eigenvalue weighted by atomic mass is 16.5. The van der Waals surface area contributed by atoms with Crippen molar-refractivity contribution in [1.82, 2.24) is 15.5 Å². The second-order valence-corrected chi connectivity index (χ2v) is 5.13. The summed E-state index contributed by atoms with van der Waals surface area (Å²) in [5, 5.41) is 19.4. The van der Waals surface area contributed by atoms with Gasteiger partial charge in [0.05, 0.1) is 37.4 Å². The third-order valence-electron chi connectivity index (χ3n) is 3.59. The van der Waals surface area contributed by atoms with E-state index in [-0.39, 0.29) is 12.5 Å². The van der Waals surface area contributed by atoms with E-state index in [4.69, 9.17) is 9.15 Å². The monoisotopic (exact) mass is 327 g/mol. The lowest BCUT2D eigenvalue weighted by atomic mass is 10.1. The molecule has 1 amide bonds. The Morgan fingerprint density at radius 3 is 2.83 bits per heavy atom. The van der Waals surface area contributed by atoms with E-state index in [1.165, 1.54) is 12.5 Å². The van der Waals surface area contributed by atoms with Crippen molar-refractivity contribution in [3.05, 3.63) is 60.2 Å². The van der Waals surface area contributed by atoms with E-state index in [0.717, 1.165) is 11.3 Å². The van der Waals surface area contributed by atoms with E-state index in [1.54, 1.807) is 31.4 Å². The highest BCUT2D eigenvalue weighted by Crippen LogP contribution is 2.23. The zero-order chi connectivity index (χ0) is 16.9. The Labute approximate surface area is 138 Å². The van der Waals surface area contributed by atoms with Gasteiger partial charge in [-0.15, -0.1) is 0 Å². The maximum atomic E-state index is 12.4. The second kappa shape index (κ2) is 7.01. The van der Waals surface area contributed by atoms with E-state index in [1.807, 2.05) is 12.1 Å². The SMILES string of the molecule is COc1ccc(-c2[nH]ncc2C(=O)NCC(O)c2ccco2)cc1. The van der Waals surface area contributed by atoms with Gasteiger partial charge in [0.15, 0.2) is 0 Å². The molecule has 2 heterocycles. The first-order valence-corrected chi connectivity index (χ1v) is 7.36. The number of carbonyl (C=O) groups excluding carboxylic acids is 1. The van der Waals surface area contributed by atoms with E-state index in [2.05, 4.69) is 15.5 Å². The summed E-state index contributed by atoms with van der Waals surface area (Å²) in [6, 6.07) is 10.6. The number of hydrogen-bond acceptors (Lipinski definition) is 5. The van der Waals surface area contributed by atoms with Gasteiger partial charge in [0.1, 0.15) is 17.6 Å². The van der Waals surface area contributed by atoms with Crippen LogP contribution in [0.5, 0.6) is 5.75 Å². The number of aromatic nitrogens is 2. The first kappa shape index (κ1) is 15.8. The number of H-pyrrole nitrogens is 1. The minimum Gasteiger partial charge on any atom is -0.497 e. The van der Waals surface area contributed by atoms with Gasteiger partial charge in [0.2, 0.25) is 0 Å². The molecule has 7 nitrogen and oxygen atoms in total. The van der Waals surface area contributed by atoms with Gasteiger partial charge in [-0.2, -0.15) is 5.10 Å². The van der Waals surface area contributed by atoms with Gasteiger partial charge in [-0.1, -0.05) is 0 Å². The fourth-order valence-electron chi connectivity index (χ4n) is 2.30. The summed E-state index contributed by atoms with van der Waals surface area (Å²) in [7, 11) is 1.59. The number of nitrogens with one attached hydrogen (secondary N) is 2. The number of furan rings is 1. The lowest BCUT2D eigenvalue weighted by Gasteiger charge is -2.10. The number of ether oxygens (including phenoxy) is 1. The zero-order valence-corrected chi connectivity index (χ0v) is 13.0. The van der Waals surface area contributed by atoms with Crippen LogP contribution in [0.1, 0.15) is 22.2 Å². The number of benzene rings is 1. The summed E-state index contributed by atoms with van der Waals surface area (Å²) in [6.07, 6.45) is 2.02. The fraction of sp³-hybridized carbons (Fsp3) is 0.176. The number of amides is 1. The number of rotatable bonds is 6. The predicted octanol–water partition coefficient (Wildman–Crippen LogP) is 2.14. The minimum atomic E-state index is -0.903. The van der Waals surface area contributed by atoms with Crippen LogP contribution >= 0.6 is 0 Å². The van der Waals surface area contributed by atoms with Gasteiger partial charge in [0, 0.05) is 5.56 Å². The van der Waals surface area contributed by atoms with E-state index in [0.29, 0.717) is 17.0 Å². The Morgan fingerprint density at radius 2 is 2.17 bits per heavy atom. The molecule has 3 N–H and O–H groups in total. The second-order valence-electron chi connectivity index (χ2n) is 5.13. The quantitative estimate of drug-likeness (QED) is 0.644. The van der Waals surface area contributed by atoms with Crippen LogP contribution in [0.4, 0.5) is 0 Å². The Bertz CT molecular complexity index is 794. The molecule has 1 unspecified atom stereocenters. The summed E-state index contributed by atoms with van der Waals surface area (Å²) in [6.45, 7) is 0.0412. The Balaban J connectivity index is 1.70. The summed E-state index contributed by atoms with van der Waals surface area (Å²) >= 11 is 0. The third kappa shape index (κ3) is 3.31. The highest BCUT2D eigenvalue weighted by Gasteiger charge is 2.17. The van der Waals surface area contributed by atoms with Crippen molar-refractivity contribution in [2.75, 3.05) is 13.7 Å². The molecule has 0 bridgehead atoms. The molecular weight excluding hydrogens is 310 g/mol. The molecule has 0 aliphatic carbocycles. The van der Waals surface area contributed by atoms with Crippen molar-refractivity contribution in [3.8, 4) is 17.0 Å².